The summed E-state index contributed by atoms with van der Waals surface area (Å²) in [5.41, 5.74) is 0.453. The summed E-state index contributed by atoms with van der Waals surface area (Å²) >= 11 is 11.9. The van der Waals surface area contributed by atoms with Gasteiger partial charge in [0.1, 0.15) is 5.69 Å². The van der Waals surface area contributed by atoms with Gasteiger partial charge in [-0.25, -0.2) is 4.98 Å². The fourth-order valence-corrected chi connectivity index (χ4v) is 2.42. The summed E-state index contributed by atoms with van der Waals surface area (Å²) in [6.45, 7) is 2.34. The molecular weight excluding hydrogens is 303 g/mol. The molecule has 0 aromatic carbocycles. The minimum absolute atomic E-state index is 0.0469. The number of pyridine rings is 1. The predicted octanol–water partition coefficient (Wildman–Crippen LogP) is 1.97. The summed E-state index contributed by atoms with van der Waals surface area (Å²) in [4.78, 5) is 8.41. The van der Waals surface area contributed by atoms with Gasteiger partial charge in [0.2, 0.25) is 11.7 Å². The van der Waals surface area contributed by atoms with Gasteiger partial charge in [-0.05, 0) is 6.07 Å². The van der Waals surface area contributed by atoms with E-state index in [2.05, 4.69) is 20.4 Å². The Morgan fingerprint density at radius 2 is 2.30 bits per heavy atom. The minimum atomic E-state index is 0.0469. The van der Waals surface area contributed by atoms with Crippen LogP contribution in [0.2, 0.25) is 10.0 Å². The molecule has 0 amide bonds. The first kappa shape index (κ1) is 13.8. The number of ether oxygens (including phenoxy) is 1. The lowest BCUT2D eigenvalue weighted by Crippen LogP contribution is -2.39. The van der Waals surface area contributed by atoms with Gasteiger partial charge in [-0.15, -0.1) is 0 Å². The van der Waals surface area contributed by atoms with Gasteiger partial charge in [0.25, 0.3) is 0 Å². The molecule has 0 bridgehead atoms. The van der Waals surface area contributed by atoms with Crippen molar-refractivity contribution in [1.29, 1.82) is 0 Å². The molecule has 20 heavy (non-hydrogen) atoms. The van der Waals surface area contributed by atoms with Crippen LogP contribution in [0.1, 0.15) is 5.89 Å². The lowest BCUT2D eigenvalue weighted by atomic mass is 10.2. The van der Waals surface area contributed by atoms with Crippen molar-refractivity contribution in [3.8, 4) is 11.5 Å². The van der Waals surface area contributed by atoms with Crippen molar-refractivity contribution >= 4 is 23.2 Å². The van der Waals surface area contributed by atoms with E-state index >= 15 is 0 Å². The molecule has 1 aliphatic heterocycles. The molecule has 3 heterocycles. The topological polar surface area (TPSA) is 73.1 Å². The van der Waals surface area contributed by atoms with Crippen molar-refractivity contribution in [2.75, 3.05) is 19.7 Å². The Bertz CT molecular complexity index is 599. The van der Waals surface area contributed by atoms with Gasteiger partial charge in [0, 0.05) is 19.3 Å². The third kappa shape index (κ3) is 3.09. The van der Waals surface area contributed by atoms with E-state index in [1.54, 1.807) is 6.07 Å². The summed E-state index contributed by atoms with van der Waals surface area (Å²) in [6.07, 6.45) is 2.10. The number of nitrogens with zero attached hydrogens (tertiary/aromatic N) is 3. The van der Waals surface area contributed by atoms with Crippen molar-refractivity contribution in [2.24, 2.45) is 0 Å². The summed E-state index contributed by atoms with van der Waals surface area (Å²) in [6, 6.07) is 1.59. The van der Waals surface area contributed by atoms with Gasteiger partial charge >= 0.3 is 0 Å². The molecule has 3 rings (SSSR count). The van der Waals surface area contributed by atoms with Crippen LogP contribution < -0.4 is 5.32 Å². The molecule has 1 N–H and O–H groups in total. The van der Waals surface area contributed by atoms with Crippen LogP contribution in [-0.2, 0) is 11.2 Å². The Morgan fingerprint density at radius 1 is 1.40 bits per heavy atom. The molecule has 106 valence electrons. The smallest absolute Gasteiger partial charge is 0.229 e. The van der Waals surface area contributed by atoms with E-state index < -0.39 is 0 Å². The van der Waals surface area contributed by atoms with Crippen molar-refractivity contribution in [2.45, 2.75) is 12.5 Å². The molecule has 0 saturated carbocycles. The second kappa shape index (κ2) is 6.05. The Morgan fingerprint density at radius 3 is 3.05 bits per heavy atom. The zero-order chi connectivity index (χ0) is 13.9. The average molecular weight is 315 g/mol. The maximum absolute atomic E-state index is 6.06. The molecular formula is C12H12Cl2N4O2. The molecule has 1 aliphatic rings. The maximum Gasteiger partial charge on any atom is 0.229 e. The first-order valence-corrected chi connectivity index (χ1v) is 6.94. The lowest BCUT2D eigenvalue weighted by Gasteiger charge is -2.21. The maximum atomic E-state index is 6.06. The van der Waals surface area contributed by atoms with E-state index in [-0.39, 0.29) is 6.10 Å². The highest BCUT2D eigenvalue weighted by Gasteiger charge is 2.19. The van der Waals surface area contributed by atoms with Crippen LogP contribution in [-0.4, -0.2) is 40.9 Å². The van der Waals surface area contributed by atoms with Crippen molar-refractivity contribution in [3.63, 3.8) is 0 Å². The van der Waals surface area contributed by atoms with E-state index in [1.165, 1.54) is 6.20 Å². The Labute approximate surface area is 125 Å². The second-order valence-electron chi connectivity index (χ2n) is 4.40. The van der Waals surface area contributed by atoms with Crippen LogP contribution in [0.4, 0.5) is 0 Å². The summed E-state index contributed by atoms with van der Waals surface area (Å²) in [7, 11) is 0. The van der Waals surface area contributed by atoms with E-state index in [0.29, 0.717) is 40.5 Å². The zero-order valence-corrected chi connectivity index (χ0v) is 12.0. The Balaban J connectivity index is 1.75. The molecule has 1 saturated heterocycles. The van der Waals surface area contributed by atoms with E-state index in [4.69, 9.17) is 32.5 Å². The molecule has 0 radical (unpaired) electrons. The SMILES string of the molecule is Clc1cnc(-c2noc(CC3CNCCO3)n2)c(Cl)c1. The highest BCUT2D eigenvalue weighted by atomic mass is 35.5. The third-order valence-corrected chi connectivity index (χ3v) is 3.39. The van der Waals surface area contributed by atoms with Crippen LogP contribution in [0.3, 0.4) is 0 Å². The molecule has 1 fully saturated rings. The fourth-order valence-electron chi connectivity index (χ4n) is 1.96. The number of hydrogen-bond acceptors (Lipinski definition) is 6. The summed E-state index contributed by atoms with van der Waals surface area (Å²) in [5, 5.41) is 7.99. The van der Waals surface area contributed by atoms with E-state index in [1.807, 2.05) is 0 Å². The normalized spacial score (nSPS) is 19.2. The standard InChI is InChI=1S/C12H12Cl2N4O2/c13-7-3-9(14)11(16-5-7)12-17-10(20-18-12)4-8-6-15-1-2-19-8/h3,5,8,15H,1-2,4,6H2. The monoisotopic (exact) mass is 314 g/mol. The van der Waals surface area contributed by atoms with Gasteiger partial charge in [0.05, 0.1) is 29.2 Å². The first-order valence-electron chi connectivity index (χ1n) is 6.18. The molecule has 0 aliphatic carbocycles. The number of halogens is 2. The van der Waals surface area contributed by atoms with Gasteiger partial charge in [-0.2, -0.15) is 4.98 Å². The average Bonchev–Trinajstić information content (AvgIpc) is 2.88. The van der Waals surface area contributed by atoms with Crippen LogP contribution in [0.5, 0.6) is 0 Å². The summed E-state index contributed by atoms with van der Waals surface area (Å²) < 4.78 is 10.8. The molecule has 2 aromatic rings. The molecule has 2 aromatic heterocycles. The van der Waals surface area contributed by atoms with Crippen LogP contribution in [0.25, 0.3) is 11.5 Å². The summed E-state index contributed by atoms with van der Waals surface area (Å²) in [5.74, 6) is 0.854. The second-order valence-corrected chi connectivity index (χ2v) is 5.24. The molecule has 0 spiro atoms. The lowest BCUT2D eigenvalue weighted by molar-refractivity contribution is 0.0246. The van der Waals surface area contributed by atoms with E-state index in [9.17, 15) is 0 Å². The van der Waals surface area contributed by atoms with Crippen molar-refractivity contribution in [1.82, 2.24) is 20.4 Å². The van der Waals surface area contributed by atoms with Crippen LogP contribution in [0, 0.1) is 0 Å². The zero-order valence-electron chi connectivity index (χ0n) is 10.5. The predicted molar refractivity (Wildman–Crippen MR) is 73.9 cm³/mol. The van der Waals surface area contributed by atoms with E-state index in [0.717, 1.165) is 13.1 Å². The minimum Gasteiger partial charge on any atom is -0.375 e. The van der Waals surface area contributed by atoms with Gasteiger partial charge in [-0.1, -0.05) is 28.4 Å². The van der Waals surface area contributed by atoms with Gasteiger partial charge < -0.3 is 14.6 Å². The molecule has 8 heteroatoms. The first-order chi connectivity index (χ1) is 9.72. The number of hydrogen-bond donors (Lipinski definition) is 1. The Hall–Kier alpha value is -1.21. The number of aromatic nitrogens is 3. The Kier molecular flexibility index (Phi) is 4.16. The molecule has 6 nitrogen and oxygen atoms in total. The quantitative estimate of drug-likeness (QED) is 0.933. The fraction of sp³-hybridized carbons (Fsp3) is 0.417. The molecule has 1 atom stereocenters. The largest absolute Gasteiger partial charge is 0.375 e. The van der Waals surface area contributed by atoms with Crippen molar-refractivity contribution in [3.05, 3.63) is 28.2 Å². The highest BCUT2D eigenvalue weighted by molar-refractivity contribution is 6.35. The van der Waals surface area contributed by atoms with Crippen LogP contribution in [0.15, 0.2) is 16.8 Å². The number of morpholine rings is 1. The molecule has 1 unspecified atom stereocenters. The number of nitrogens with one attached hydrogen (secondary N) is 1. The third-order valence-electron chi connectivity index (χ3n) is 2.89. The van der Waals surface area contributed by atoms with Crippen molar-refractivity contribution < 1.29 is 9.26 Å². The highest BCUT2D eigenvalue weighted by Crippen LogP contribution is 2.25. The number of rotatable bonds is 3. The van der Waals surface area contributed by atoms with Crippen LogP contribution >= 0.6 is 23.2 Å². The van der Waals surface area contributed by atoms with Gasteiger partial charge in [0.15, 0.2) is 0 Å². The van der Waals surface area contributed by atoms with Gasteiger partial charge in [-0.3, -0.25) is 0 Å².